The molecule has 0 saturated carbocycles. The number of rotatable bonds is 3. The van der Waals surface area contributed by atoms with Crippen molar-refractivity contribution in [3.63, 3.8) is 0 Å². The predicted octanol–water partition coefficient (Wildman–Crippen LogP) is 2.71. The summed E-state index contributed by atoms with van der Waals surface area (Å²) in [5.41, 5.74) is 9.05. The van der Waals surface area contributed by atoms with Crippen LogP contribution in [0.25, 0.3) is 21.9 Å². The van der Waals surface area contributed by atoms with Crippen LogP contribution in [0.3, 0.4) is 0 Å². The molecule has 0 bridgehead atoms. The van der Waals surface area contributed by atoms with E-state index in [2.05, 4.69) is 22.2 Å². The summed E-state index contributed by atoms with van der Waals surface area (Å²) in [4.78, 5) is 5.56. The van der Waals surface area contributed by atoms with Gasteiger partial charge in [0.25, 0.3) is 0 Å². The molecule has 1 aromatic carbocycles. The average Bonchev–Trinajstić information content (AvgIpc) is 3.22. The summed E-state index contributed by atoms with van der Waals surface area (Å²) in [7, 11) is 0. The van der Waals surface area contributed by atoms with Crippen LogP contribution in [0.15, 0.2) is 54.3 Å². The van der Waals surface area contributed by atoms with E-state index in [1.165, 1.54) is 0 Å². The Balaban J connectivity index is 1.82. The Hall–Kier alpha value is -2.44. The Kier molecular flexibility index (Phi) is 2.83. The van der Waals surface area contributed by atoms with Crippen LogP contribution in [0, 0.1) is 0 Å². The molecule has 0 aliphatic rings. The molecule has 6 heteroatoms. The first kappa shape index (κ1) is 12.3. The summed E-state index contributed by atoms with van der Waals surface area (Å²) >= 11 is 1.59. The van der Waals surface area contributed by atoms with Crippen molar-refractivity contribution in [2.45, 2.75) is 6.54 Å². The Morgan fingerprint density at radius 1 is 1.14 bits per heavy atom. The van der Waals surface area contributed by atoms with Crippen LogP contribution in [0.2, 0.25) is 0 Å². The fraction of sp³-hybridized carbons (Fsp3) is 0.0667. The van der Waals surface area contributed by atoms with Crippen molar-refractivity contribution in [1.29, 1.82) is 0 Å². The monoisotopic (exact) mass is 295 g/mol. The summed E-state index contributed by atoms with van der Waals surface area (Å²) in [5.74, 6) is 0.798. The molecule has 2 N–H and O–H groups in total. The third kappa shape index (κ3) is 1.96. The number of imidazole rings is 1. The smallest absolute Gasteiger partial charge is 0.196 e. The highest BCUT2D eigenvalue weighted by molar-refractivity contribution is 7.15. The summed E-state index contributed by atoms with van der Waals surface area (Å²) < 4.78 is 3.81. The normalized spacial score (nSPS) is 11.3. The Morgan fingerprint density at radius 2 is 2.00 bits per heavy atom. The van der Waals surface area contributed by atoms with Gasteiger partial charge in [-0.2, -0.15) is 10.1 Å². The van der Waals surface area contributed by atoms with Crippen LogP contribution < -0.4 is 5.73 Å². The second-order valence-corrected chi connectivity index (χ2v) is 5.55. The molecule has 0 aliphatic carbocycles. The van der Waals surface area contributed by atoms with Crippen LogP contribution >= 0.6 is 11.3 Å². The zero-order valence-corrected chi connectivity index (χ0v) is 12.0. The van der Waals surface area contributed by atoms with E-state index >= 15 is 0 Å². The van der Waals surface area contributed by atoms with Gasteiger partial charge in [0.1, 0.15) is 0 Å². The molecule has 3 heterocycles. The zero-order valence-electron chi connectivity index (χ0n) is 11.2. The maximum absolute atomic E-state index is 5.88. The van der Waals surface area contributed by atoms with Crippen LogP contribution in [-0.2, 0) is 6.54 Å². The second kappa shape index (κ2) is 4.83. The number of benzene rings is 1. The fourth-order valence-corrected chi connectivity index (χ4v) is 3.14. The first-order chi connectivity index (χ1) is 10.4. The van der Waals surface area contributed by atoms with E-state index in [4.69, 9.17) is 5.73 Å². The highest BCUT2D eigenvalue weighted by Crippen LogP contribution is 2.23. The zero-order chi connectivity index (χ0) is 14.2. The van der Waals surface area contributed by atoms with Gasteiger partial charge < -0.3 is 5.73 Å². The first-order valence-electron chi connectivity index (χ1n) is 6.62. The number of nitrogens with two attached hydrogens (primary N) is 1. The van der Waals surface area contributed by atoms with E-state index in [-0.39, 0.29) is 0 Å². The first-order valence-corrected chi connectivity index (χ1v) is 7.50. The number of hydrogen-bond acceptors (Lipinski definition) is 4. The summed E-state index contributed by atoms with van der Waals surface area (Å²) in [5, 5.41) is 6.44. The topological polar surface area (TPSA) is 61.1 Å². The van der Waals surface area contributed by atoms with Gasteiger partial charge in [-0.05, 0) is 5.56 Å². The van der Waals surface area contributed by atoms with E-state index in [9.17, 15) is 0 Å². The van der Waals surface area contributed by atoms with E-state index in [1.54, 1.807) is 16.0 Å². The maximum atomic E-state index is 5.88. The van der Waals surface area contributed by atoms with Crippen molar-refractivity contribution < 1.29 is 0 Å². The SMILES string of the molecule is NCc1c(-n2cc(-c3ccccc3)cn2)nc2sccn12. The van der Waals surface area contributed by atoms with E-state index in [0.717, 1.165) is 27.6 Å². The summed E-state index contributed by atoms with van der Waals surface area (Å²) in [6.45, 7) is 0.424. The molecular formula is C15H13N5S. The lowest BCUT2D eigenvalue weighted by atomic mass is 10.1. The molecular weight excluding hydrogens is 282 g/mol. The number of thiazole rings is 1. The third-order valence-electron chi connectivity index (χ3n) is 3.44. The molecule has 0 fully saturated rings. The van der Waals surface area contributed by atoms with Crippen molar-refractivity contribution in [3.8, 4) is 16.9 Å². The van der Waals surface area contributed by atoms with Crippen LogP contribution in [0.1, 0.15) is 5.69 Å². The van der Waals surface area contributed by atoms with Gasteiger partial charge in [-0.25, -0.2) is 4.68 Å². The quantitative estimate of drug-likeness (QED) is 0.632. The minimum absolute atomic E-state index is 0.424. The number of nitrogens with zero attached hydrogens (tertiary/aromatic N) is 4. The van der Waals surface area contributed by atoms with Crippen molar-refractivity contribution in [3.05, 3.63) is 60.0 Å². The van der Waals surface area contributed by atoms with Crippen LogP contribution in [-0.4, -0.2) is 19.2 Å². The standard InChI is InChI=1S/C15H13N5S/c16-8-13-14(18-15-19(13)6-7-21-15)20-10-12(9-17-20)11-4-2-1-3-5-11/h1-7,9-10H,8,16H2. The number of fused-ring (bicyclic) bond motifs is 1. The van der Waals surface area contributed by atoms with Gasteiger partial charge in [0.15, 0.2) is 10.8 Å². The van der Waals surface area contributed by atoms with Crippen molar-refractivity contribution in [1.82, 2.24) is 19.2 Å². The average molecular weight is 295 g/mol. The molecule has 4 rings (SSSR count). The van der Waals surface area contributed by atoms with Crippen molar-refractivity contribution in [2.24, 2.45) is 5.73 Å². The highest BCUT2D eigenvalue weighted by Gasteiger charge is 2.14. The lowest BCUT2D eigenvalue weighted by Gasteiger charge is -2.00. The Bertz CT molecular complexity index is 887. The van der Waals surface area contributed by atoms with Gasteiger partial charge in [-0.15, -0.1) is 11.3 Å². The molecule has 4 aromatic rings. The van der Waals surface area contributed by atoms with Gasteiger partial charge in [-0.3, -0.25) is 4.40 Å². The molecule has 3 aromatic heterocycles. The molecule has 21 heavy (non-hydrogen) atoms. The third-order valence-corrected chi connectivity index (χ3v) is 4.20. The Morgan fingerprint density at radius 3 is 2.81 bits per heavy atom. The van der Waals surface area contributed by atoms with E-state index in [1.807, 2.05) is 46.6 Å². The van der Waals surface area contributed by atoms with Crippen LogP contribution in [0.4, 0.5) is 0 Å². The second-order valence-electron chi connectivity index (χ2n) is 4.68. The molecule has 5 nitrogen and oxygen atoms in total. The molecule has 0 spiro atoms. The van der Waals surface area contributed by atoms with Crippen molar-refractivity contribution in [2.75, 3.05) is 0 Å². The minimum atomic E-state index is 0.424. The van der Waals surface area contributed by atoms with Gasteiger partial charge in [0.2, 0.25) is 0 Å². The van der Waals surface area contributed by atoms with Crippen molar-refractivity contribution >= 4 is 16.3 Å². The molecule has 0 amide bonds. The number of aromatic nitrogens is 4. The molecule has 0 saturated heterocycles. The molecule has 0 radical (unpaired) electrons. The van der Waals surface area contributed by atoms with Gasteiger partial charge >= 0.3 is 0 Å². The lowest BCUT2D eigenvalue weighted by molar-refractivity contribution is 0.825. The fourth-order valence-electron chi connectivity index (χ4n) is 2.41. The minimum Gasteiger partial charge on any atom is -0.325 e. The summed E-state index contributed by atoms with van der Waals surface area (Å²) in [6, 6.07) is 10.2. The van der Waals surface area contributed by atoms with Gasteiger partial charge in [0.05, 0.1) is 11.9 Å². The van der Waals surface area contributed by atoms with E-state index < -0.39 is 0 Å². The maximum Gasteiger partial charge on any atom is 0.196 e. The lowest BCUT2D eigenvalue weighted by Crippen LogP contribution is -2.06. The molecule has 0 aliphatic heterocycles. The van der Waals surface area contributed by atoms with E-state index in [0.29, 0.717) is 6.54 Å². The number of hydrogen-bond donors (Lipinski definition) is 1. The molecule has 0 unspecified atom stereocenters. The highest BCUT2D eigenvalue weighted by atomic mass is 32.1. The van der Waals surface area contributed by atoms with Gasteiger partial charge in [0, 0.05) is 29.9 Å². The predicted molar refractivity (Wildman–Crippen MR) is 83.5 cm³/mol. The van der Waals surface area contributed by atoms with Gasteiger partial charge in [-0.1, -0.05) is 30.3 Å². The molecule has 104 valence electrons. The summed E-state index contributed by atoms with van der Waals surface area (Å²) in [6.07, 6.45) is 5.82. The largest absolute Gasteiger partial charge is 0.325 e. The Labute approximate surface area is 125 Å². The van der Waals surface area contributed by atoms with Crippen LogP contribution in [0.5, 0.6) is 0 Å². The molecule has 0 atom stereocenters.